The average Bonchev–Trinajstić information content (AvgIpc) is 3.19. The number of rotatable bonds is 12. The number of urea groups is 1. The first-order valence-electron chi connectivity index (χ1n) is 15.3. The third-order valence-corrected chi connectivity index (χ3v) is 8.17. The van der Waals surface area contributed by atoms with E-state index in [0.717, 1.165) is 42.1 Å². The van der Waals surface area contributed by atoms with Crippen molar-refractivity contribution in [2.75, 3.05) is 13.1 Å². The van der Waals surface area contributed by atoms with Gasteiger partial charge in [-0.05, 0) is 54.5 Å². The molecule has 3 atom stereocenters. The molecule has 1 saturated heterocycles. The Morgan fingerprint density at radius 3 is 2.14 bits per heavy atom. The van der Waals surface area contributed by atoms with E-state index < -0.39 is 35.9 Å². The van der Waals surface area contributed by atoms with Crippen LogP contribution in [0, 0.1) is 5.92 Å². The topological polar surface area (TPSA) is 144 Å². The second-order valence-electron chi connectivity index (χ2n) is 11.9. The first-order valence-corrected chi connectivity index (χ1v) is 15.7. The summed E-state index contributed by atoms with van der Waals surface area (Å²) in [6.07, 6.45) is 6.29. The van der Waals surface area contributed by atoms with E-state index in [1.54, 1.807) is 35.4 Å². The van der Waals surface area contributed by atoms with E-state index in [0.29, 0.717) is 30.1 Å². The number of aliphatic carboxylic acids is 1. The minimum Gasteiger partial charge on any atom is -0.480 e. The van der Waals surface area contributed by atoms with Crippen molar-refractivity contribution < 1.29 is 24.3 Å². The van der Waals surface area contributed by atoms with E-state index in [4.69, 9.17) is 11.6 Å². The molecule has 1 aromatic heterocycles. The number of para-hydroxylation sites is 1. The van der Waals surface area contributed by atoms with Gasteiger partial charge in [-0.15, -0.1) is 0 Å². The molecule has 44 heavy (non-hydrogen) atoms. The van der Waals surface area contributed by atoms with Crippen LogP contribution in [0.15, 0.2) is 54.7 Å². The maximum atomic E-state index is 13.8. The normalized spacial score (nSPS) is 15.7. The Labute approximate surface area is 262 Å². The monoisotopic (exact) mass is 623 g/mol. The molecule has 0 radical (unpaired) electrons. The van der Waals surface area contributed by atoms with Crippen LogP contribution in [0.25, 0.3) is 10.9 Å². The summed E-state index contributed by atoms with van der Waals surface area (Å²) in [6.45, 7) is 5.20. The van der Waals surface area contributed by atoms with Crippen molar-refractivity contribution in [2.24, 2.45) is 5.92 Å². The van der Waals surface area contributed by atoms with Gasteiger partial charge in [0.1, 0.15) is 18.1 Å². The minimum absolute atomic E-state index is 0.0356. The highest BCUT2D eigenvalue weighted by Gasteiger charge is 2.31. The standard InChI is InChI=1S/C33H42ClN5O5/c1-21(2)17-27(38-33(44)39-15-7-3-4-8-16-39)30(40)36-28(19-23-20-35-26-10-6-5-9-25(23)26)31(41)37-29(32(42)43)18-22-11-13-24(34)14-12-22/h5-6,9-14,20-21,27-29,35H,3-4,7-8,15-19H2,1-2H3,(H,36,40)(H,37,41)(H,38,44)(H,42,43)/t27-,28+,29+/m0/s1. The van der Waals surface area contributed by atoms with Gasteiger partial charge >= 0.3 is 12.0 Å². The molecule has 5 N–H and O–H groups in total. The second-order valence-corrected chi connectivity index (χ2v) is 12.3. The number of carbonyl (C=O) groups is 4. The Balaban J connectivity index is 1.55. The van der Waals surface area contributed by atoms with Crippen LogP contribution in [-0.2, 0) is 27.2 Å². The molecular weight excluding hydrogens is 582 g/mol. The number of aromatic amines is 1. The fourth-order valence-corrected chi connectivity index (χ4v) is 5.67. The number of benzene rings is 2. The van der Waals surface area contributed by atoms with E-state index in [1.807, 2.05) is 38.1 Å². The predicted octanol–water partition coefficient (Wildman–Crippen LogP) is 4.66. The fourth-order valence-electron chi connectivity index (χ4n) is 5.55. The van der Waals surface area contributed by atoms with Gasteiger partial charge in [-0.1, -0.05) is 68.6 Å². The highest BCUT2D eigenvalue weighted by molar-refractivity contribution is 6.30. The lowest BCUT2D eigenvalue weighted by Gasteiger charge is -2.28. The Kier molecular flexibility index (Phi) is 11.7. The molecule has 0 bridgehead atoms. The summed E-state index contributed by atoms with van der Waals surface area (Å²) in [7, 11) is 0. The summed E-state index contributed by atoms with van der Waals surface area (Å²) in [6, 6.07) is 10.9. The van der Waals surface area contributed by atoms with Gasteiger partial charge in [0.15, 0.2) is 0 Å². The summed E-state index contributed by atoms with van der Waals surface area (Å²) in [4.78, 5) is 57.8. The molecular formula is C33H42ClN5O5. The SMILES string of the molecule is CC(C)C[C@H](NC(=O)N1CCCCCC1)C(=O)N[C@H](Cc1c[nH]c2ccccc12)C(=O)N[C@H](Cc1ccc(Cl)cc1)C(=O)O. The lowest BCUT2D eigenvalue weighted by atomic mass is 10.00. The zero-order valence-corrected chi connectivity index (χ0v) is 26.0. The molecule has 1 aliphatic rings. The van der Waals surface area contributed by atoms with Crippen LogP contribution in [0.1, 0.15) is 57.1 Å². The lowest BCUT2D eigenvalue weighted by molar-refractivity contribution is -0.142. The number of fused-ring (bicyclic) bond motifs is 1. The number of nitrogens with zero attached hydrogens (tertiary/aromatic N) is 1. The molecule has 10 nitrogen and oxygen atoms in total. The molecule has 0 unspecified atom stereocenters. The highest BCUT2D eigenvalue weighted by Crippen LogP contribution is 2.20. The van der Waals surface area contributed by atoms with Crippen molar-refractivity contribution in [3.05, 3.63) is 70.9 Å². The van der Waals surface area contributed by atoms with Crippen molar-refractivity contribution in [2.45, 2.75) is 76.9 Å². The molecule has 0 spiro atoms. The van der Waals surface area contributed by atoms with E-state index in [2.05, 4.69) is 20.9 Å². The molecule has 0 saturated carbocycles. The molecule has 1 fully saturated rings. The number of hydrogen-bond donors (Lipinski definition) is 5. The smallest absolute Gasteiger partial charge is 0.326 e. The number of hydrogen-bond acceptors (Lipinski definition) is 4. The third-order valence-electron chi connectivity index (χ3n) is 7.91. The van der Waals surface area contributed by atoms with E-state index >= 15 is 0 Å². The number of likely N-dealkylation sites (tertiary alicyclic amines) is 1. The molecule has 4 rings (SSSR count). The molecule has 0 aliphatic carbocycles. The summed E-state index contributed by atoms with van der Waals surface area (Å²) < 4.78 is 0. The van der Waals surface area contributed by atoms with Gasteiger partial charge in [0.25, 0.3) is 0 Å². The number of halogens is 1. The average molecular weight is 624 g/mol. The van der Waals surface area contributed by atoms with Crippen LogP contribution >= 0.6 is 11.6 Å². The predicted molar refractivity (Wildman–Crippen MR) is 170 cm³/mol. The summed E-state index contributed by atoms with van der Waals surface area (Å²) in [5.41, 5.74) is 2.36. The van der Waals surface area contributed by atoms with Gasteiger partial charge in [0.05, 0.1) is 0 Å². The lowest BCUT2D eigenvalue weighted by Crippen LogP contribution is -2.58. The Morgan fingerprint density at radius 1 is 0.841 bits per heavy atom. The Hall–Kier alpha value is -4.05. The summed E-state index contributed by atoms with van der Waals surface area (Å²) in [5.74, 6) is -2.24. The maximum Gasteiger partial charge on any atom is 0.326 e. The fraction of sp³-hybridized carbons (Fsp3) is 0.455. The number of nitrogens with one attached hydrogen (secondary N) is 4. The first kappa shape index (κ1) is 32.9. The van der Waals surface area contributed by atoms with Gasteiger partial charge in [-0.25, -0.2) is 9.59 Å². The van der Waals surface area contributed by atoms with Crippen LogP contribution in [-0.4, -0.2) is 70.0 Å². The molecule has 11 heteroatoms. The molecule has 236 valence electrons. The van der Waals surface area contributed by atoms with Crippen molar-refractivity contribution in [3.8, 4) is 0 Å². The van der Waals surface area contributed by atoms with Crippen molar-refractivity contribution in [3.63, 3.8) is 0 Å². The van der Waals surface area contributed by atoms with Crippen LogP contribution in [0.2, 0.25) is 5.02 Å². The van der Waals surface area contributed by atoms with Crippen LogP contribution in [0.3, 0.4) is 0 Å². The second kappa shape index (κ2) is 15.6. The van der Waals surface area contributed by atoms with E-state index in [1.165, 1.54) is 0 Å². The number of carbonyl (C=O) groups excluding carboxylic acids is 3. The van der Waals surface area contributed by atoms with E-state index in [9.17, 15) is 24.3 Å². The molecule has 2 aromatic carbocycles. The molecule has 4 amide bonds. The van der Waals surface area contributed by atoms with Crippen molar-refractivity contribution in [1.29, 1.82) is 0 Å². The summed E-state index contributed by atoms with van der Waals surface area (Å²) >= 11 is 5.98. The van der Waals surface area contributed by atoms with Crippen molar-refractivity contribution >= 4 is 46.3 Å². The zero-order chi connectivity index (χ0) is 31.6. The van der Waals surface area contributed by atoms with Gasteiger partial charge in [0.2, 0.25) is 11.8 Å². The Morgan fingerprint density at radius 2 is 1.48 bits per heavy atom. The van der Waals surface area contributed by atoms with Crippen LogP contribution in [0.5, 0.6) is 0 Å². The molecule has 2 heterocycles. The number of H-pyrrole nitrogens is 1. The van der Waals surface area contributed by atoms with Crippen molar-refractivity contribution in [1.82, 2.24) is 25.8 Å². The molecule has 1 aliphatic heterocycles. The maximum absolute atomic E-state index is 13.8. The number of aromatic nitrogens is 1. The number of carboxylic acids is 1. The third kappa shape index (κ3) is 9.22. The largest absolute Gasteiger partial charge is 0.480 e. The highest BCUT2D eigenvalue weighted by atomic mass is 35.5. The number of carboxylic acid groups (broad SMARTS) is 1. The summed E-state index contributed by atoms with van der Waals surface area (Å²) in [5, 5.41) is 19.7. The quantitative estimate of drug-likeness (QED) is 0.199. The van der Waals surface area contributed by atoms with E-state index in [-0.39, 0.29) is 24.8 Å². The first-order chi connectivity index (χ1) is 21.1. The minimum atomic E-state index is -1.24. The van der Waals surface area contributed by atoms with Gasteiger partial charge in [0, 0.05) is 48.1 Å². The number of amides is 4. The molecule has 3 aromatic rings. The van der Waals surface area contributed by atoms with Gasteiger partial charge in [-0.2, -0.15) is 0 Å². The Bertz CT molecular complexity index is 1430. The van der Waals surface area contributed by atoms with Gasteiger partial charge in [-0.3, -0.25) is 9.59 Å². The zero-order valence-electron chi connectivity index (χ0n) is 25.3. The van der Waals surface area contributed by atoms with Crippen LogP contribution in [0.4, 0.5) is 4.79 Å². The van der Waals surface area contributed by atoms with Gasteiger partial charge < -0.3 is 30.9 Å². The van der Waals surface area contributed by atoms with Crippen LogP contribution < -0.4 is 16.0 Å².